The maximum Gasteiger partial charge on any atom is 0.246 e. The molecule has 0 unspecified atom stereocenters. The van der Waals surface area contributed by atoms with Crippen LogP contribution in [0.25, 0.3) is 0 Å². The zero-order chi connectivity index (χ0) is 21.0. The lowest BCUT2D eigenvalue weighted by Gasteiger charge is -2.37. The van der Waals surface area contributed by atoms with Crippen molar-refractivity contribution in [2.24, 2.45) is 0 Å². The van der Waals surface area contributed by atoms with Gasteiger partial charge in [0.05, 0.1) is 9.89 Å². The van der Waals surface area contributed by atoms with Crippen LogP contribution >= 0.6 is 39.3 Å². The minimum absolute atomic E-state index is 0.0296. The number of sulfonamides is 1. The van der Waals surface area contributed by atoms with E-state index < -0.39 is 16.1 Å². The Labute approximate surface area is 187 Å². The van der Waals surface area contributed by atoms with E-state index in [9.17, 15) is 18.0 Å². The lowest BCUT2D eigenvalue weighted by atomic mass is 10.2. The second-order valence-electron chi connectivity index (χ2n) is 7.57. The summed E-state index contributed by atoms with van der Waals surface area (Å²) in [6.07, 6.45) is 1.24. The maximum absolute atomic E-state index is 13.1. The van der Waals surface area contributed by atoms with Gasteiger partial charge in [-0.2, -0.15) is 4.31 Å². The molecule has 0 radical (unpaired) electrons. The number of nitrogens with zero attached hydrogens (tertiary/aromatic N) is 3. The first-order chi connectivity index (χ1) is 13.6. The molecule has 7 nitrogen and oxygen atoms in total. The van der Waals surface area contributed by atoms with Gasteiger partial charge in [-0.15, -0.1) is 11.8 Å². The second kappa shape index (κ2) is 7.71. The molecular formula is C18H21BrClN3O4S2. The first kappa shape index (κ1) is 21.4. The molecule has 3 saturated heterocycles. The van der Waals surface area contributed by atoms with Crippen molar-refractivity contribution in [2.75, 3.05) is 31.9 Å². The van der Waals surface area contributed by atoms with Crippen LogP contribution in [0.4, 0.5) is 0 Å². The number of thioether (sulfide) groups is 1. The summed E-state index contributed by atoms with van der Waals surface area (Å²) in [6, 6.07) is 4.22. The molecule has 3 fully saturated rings. The highest BCUT2D eigenvalue weighted by molar-refractivity contribution is 9.10. The Morgan fingerprint density at radius 3 is 2.62 bits per heavy atom. The summed E-state index contributed by atoms with van der Waals surface area (Å²) in [7, 11) is -3.74. The van der Waals surface area contributed by atoms with E-state index in [4.69, 9.17) is 11.6 Å². The number of hydrogen-bond donors (Lipinski definition) is 0. The van der Waals surface area contributed by atoms with Gasteiger partial charge in [0.1, 0.15) is 10.9 Å². The van der Waals surface area contributed by atoms with Crippen LogP contribution in [0.15, 0.2) is 27.6 Å². The van der Waals surface area contributed by atoms with Crippen LogP contribution in [0.2, 0.25) is 5.02 Å². The summed E-state index contributed by atoms with van der Waals surface area (Å²) in [6.45, 7) is 3.01. The van der Waals surface area contributed by atoms with Crippen LogP contribution in [0.1, 0.15) is 19.8 Å². The Kier molecular flexibility index (Phi) is 5.69. The zero-order valence-corrected chi connectivity index (χ0v) is 19.8. The third-order valence-electron chi connectivity index (χ3n) is 5.79. The van der Waals surface area contributed by atoms with E-state index in [0.29, 0.717) is 29.7 Å². The fourth-order valence-electron chi connectivity index (χ4n) is 4.19. The molecule has 0 spiro atoms. The summed E-state index contributed by atoms with van der Waals surface area (Å²) < 4.78 is 28.0. The molecule has 0 saturated carbocycles. The fraction of sp³-hybridized carbons (Fsp3) is 0.556. The van der Waals surface area contributed by atoms with Crippen LogP contribution in [-0.2, 0) is 19.6 Å². The number of piperazine rings is 1. The number of hydrogen-bond acceptors (Lipinski definition) is 5. The fourth-order valence-corrected chi connectivity index (χ4v) is 8.04. The van der Waals surface area contributed by atoms with E-state index in [1.54, 1.807) is 33.7 Å². The largest absolute Gasteiger partial charge is 0.338 e. The molecule has 0 N–H and O–H groups in total. The number of carbonyl (C=O) groups excluding carboxylic acids is 2. The van der Waals surface area contributed by atoms with Gasteiger partial charge in [-0.3, -0.25) is 9.59 Å². The highest BCUT2D eigenvalue weighted by Gasteiger charge is 2.53. The summed E-state index contributed by atoms with van der Waals surface area (Å²) in [4.78, 5) is 28.6. The average molecular weight is 523 g/mol. The van der Waals surface area contributed by atoms with Crippen LogP contribution in [0.3, 0.4) is 0 Å². The number of carbonyl (C=O) groups is 2. The van der Waals surface area contributed by atoms with Gasteiger partial charge in [0, 0.05) is 42.8 Å². The lowest BCUT2D eigenvalue weighted by Crippen LogP contribution is -2.56. The smallest absolute Gasteiger partial charge is 0.246 e. The Bertz CT molecular complexity index is 968. The summed E-state index contributed by atoms with van der Waals surface area (Å²) in [5.41, 5.74) is 0. The normalized spacial score (nSPS) is 28.1. The van der Waals surface area contributed by atoms with Crippen LogP contribution in [0.5, 0.6) is 0 Å². The molecule has 1 aromatic rings. The van der Waals surface area contributed by atoms with Gasteiger partial charge in [-0.25, -0.2) is 8.42 Å². The molecule has 3 aliphatic rings. The van der Waals surface area contributed by atoms with Gasteiger partial charge < -0.3 is 9.80 Å². The third-order valence-corrected chi connectivity index (χ3v) is 10.2. The standard InChI is InChI=1S/C18H21BrClN3O4S2/c1-18-5-4-16(24)23(18)14(11-28-18)17(25)21-6-8-22(9-7-21)29(26,27)15-3-2-12(19)10-13(15)20/h2-3,10,14H,4-9,11H2,1H3/t14-,18-/m0/s1. The molecule has 11 heteroatoms. The predicted octanol–water partition coefficient (Wildman–Crippen LogP) is 2.39. The molecule has 0 bridgehead atoms. The van der Waals surface area contributed by atoms with Crippen molar-refractivity contribution in [1.29, 1.82) is 0 Å². The minimum atomic E-state index is -3.74. The molecule has 0 aromatic heterocycles. The molecule has 4 rings (SSSR count). The van der Waals surface area contributed by atoms with Crippen molar-refractivity contribution in [1.82, 2.24) is 14.1 Å². The number of rotatable bonds is 3. The second-order valence-corrected chi connectivity index (χ2v) is 12.3. The van der Waals surface area contributed by atoms with Gasteiger partial charge >= 0.3 is 0 Å². The SMILES string of the molecule is C[C@]12CCC(=O)N1[C@H](C(=O)N1CCN(S(=O)(=O)c3ccc(Br)cc3Cl)CC1)CS2. The van der Waals surface area contributed by atoms with Gasteiger partial charge in [0.25, 0.3) is 0 Å². The van der Waals surface area contributed by atoms with Crippen molar-refractivity contribution >= 4 is 61.1 Å². The van der Waals surface area contributed by atoms with E-state index in [1.807, 2.05) is 6.92 Å². The Morgan fingerprint density at radius 2 is 1.97 bits per heavy atom. The average Bonchev–Trinajstić information content (AvgIpc) is 3.17. The molecule has 3 aliphatic heterocycles. The van der Waals surface area contributed by atoms with Crippen molar-refractivity contribution in [3.63, 3.8) is 0 Å². The van der Waals surface area contributed by atoms with Crippen LogP contribution in [-0.4, -0.2) is 77.2 Å². The van der Waals surface area contributed by atoms with E-state index >= 15 is 0 Å². The summed E-state index contributed by atoms with van der Waals surface area (Å²) >= 11 is 11.1. The Hall–Kier alpha value is -0.810. The minimum Gasteiger partial charge on any atom is -0.338 e. The maximum atomic E-state index is 13.1. The number of fused-ring (bicyclic) bond motifs is 1. The predicted molar refractivity (Wildman–Crippen MR) is 115 cm³/mol. The molecule has 29 heavy (non-hydrogen) atoms. The van der Waals surface area contributed by atoms with E-state index in [2.05, 4.69) is 15.9 Å². The molecular weight excluding hydrogens is 502 g/mol. The highest BCUT2D eigenvalue weighted by Crippen LogP contribution is 2.47. The van der Waals surface area contributed by atoms with Gasteiger partial charge in [0.15, 0.2) is 0 Å². The van der Waals surface area contributed by atoms with E-state index in [1.165, 1.54) is 10.4 Å². The molecule has 0 aliphatic carbocycles. The Balaban J connectivity index is 1.44. The van der Waals surface area contributed by atoms with Crippen LogP contribution < -0.4 is 0 Å². The van der Waals surface area contributed by atoms with Crippen molar-refractivity contribution < 1.29 is 18.0 Å². The van der Waals surface area contributed by atoms with Crippen LogP contribution in [0, 0.1) is 0 Å². The quantitative estimate of drug-likeness (QED) is 0.609. The van der Waals surface area contributed by atoms with Gasteiger partial charge in [0.2, 0.25) is 21.8 Å². The molecule has 2 atom stereocenters. The van der Waals surface area contributed by atoms with Crippen molar-refractivity contribution in [3.8, 4) is 0 Å². The first-order valence-corrected chi connectivity index (χ1v) is 12.9. The summed E-state index contributed by atoms with van der Waals surface area (Å²) in [5.74, 6) is 0.533. The van der Waals surface area contributed by atoms with Crippen molar-refractivity contribution in [2.45, 2.75) is 35.6 Å². The first-order valence-electron chi connectivity index (χ1n) is 9.34. The van der Waals surface area contributed by atoms with E-state index in [0.717, 1.165) is 6.42 Å². The highest BCUT2D eigenvalue weighted by atomic mass is 79.9. The molecule has 158 valence electrons. The van der Waals surface area contributed by atoms with Gasteiger partial charge in [-0.1, -0.05) is 27.5 Å². The third kappa shape index (κ3) is 3.71. The van der Waals surface area contributed by atoms with Gasteiger partial charge in [-0.05, 0) is 31.5 Å². The lowest BCUT2D eigenvalue weighted by molar-refractivity contribution is -0.144. The number of halogens is 2. The monoisotopic (exact) mass is 521 g/mol. The number of amides is 2. The zero-order valence-electron chi connectivity index (χ0n) is 15.8. The summed E-state index contributed by atoms with van der Waals surface area (Å²) in [5, 5.41) is 0.160. The molecule has 3 heterocycles. The topological polar surface area (TPSA) is 78.0 Å². The Morgan fingerprint density at radius 1 is 1.28 bits per heavy atom. The van der Waals surface area contributed by atoms with Crippen molar-refractivity contribution in [3.05, 3.63) is 27.7 Å². The molecule has 2 amide bonds. The van der Waals surface area contributed by atoms with E-state index in [-0.39, 0.29) is 39.7 Å². The molecule has 1 aromatic carbocycles. The number of benzene rings is 1.